The van der Waals surface area contributed by atoms with Crippen molar-refractivity contribution in [3.8, 4) is 39.6 Å². The van der Waals surface area contributed by atoms with Gasteiger partial charge in [-0.25, -0.2) is 0 Å². The van der Waals surface area contributed by atoms with Crippen LogP contribution in [0.3, 0.4) is 0 Å². The first kappa shape index (κ1) is 15.1. The zero-order valence-corrected chi connectivity index (χ0v) is 12.9. The van der Waals surface area contributed by atoms with Crippen molar-refractivity contribution in [1.29, 1.82) is 0 Å². The van der Waals surface area contributed by atoms with Gasteiger partial charge in [0.05, 0.1) is 17.7 Å². The van der Waals surface area contributed by atoms with Crippen LogP contribution in [0.1, 0.15) is 0 Å². The highest BCUT2D eigenvalue weighted by atomic mass is 35.5. The summed E-state index contributed by atoms with van der Waals surface area (Å²) in [5.41, 5.74) is 8.22. The number of nitrogen functional groups attached to an aromatic ring is 1. The predicted molar refractivity (Wildman–Crippen MR) is 88.8 cm³/mol. The molecule has 3 aromatic rings. The minimum Gasteiger partial charge on any atom is -0.507 e. The lowest BCUT2D eigenvalue weighted by Crippen LogP contribution is -1.90. The second-order valence-corrected chi connectivity index (χ2v) is 5.32. The van der Waals surface area contributed by atoms with Crippen LogP contribution in [0, 0.1) is 0 Å². The number of aromatic amines is 1. The fourth-order valence-corrected chi connectivity index (χ4v) is 2.50. The van der Waals surface area contributed by atoms with Crippen LogP contribution in [0.25, 0.3) is 22.4 Å². The molecule has 0 fully saturated rings. The van der Waals surface area contributed by atoms with E-state index in [0.717, 1.165) is 5.56 Å². The molecule has 0 unspecified atom stereocenters. The van der Waals surface area contributed by atoms with Gasteiger partial charge in [0.2, 0.25) is 0 Å². The Kier molecular flexibility index (Phi) is 3.75. The van der Waals surface area contributed by atoms with Gasteiger partial charge in [0, 0.05) is 11.6 Å². The van der Waals surface area contributed by atoms with E-state index in [9.17, 15) is 10.2 Å². The van der Waals surface area contributed by atoms with Crippen LogP contribution in [0.2, 0.25) is 5.02 Å². The van der Waals surface area contributed by atoms with Gasteiger partial charge in [0.1, 0.15) is 28.8 Å². The number of rotatable bonds is 3. The summed E-state index contributed by atoms with van der Waals surface area (Å²) in [6.45, 7) is 0. The molecule has 0 amide bonds. The van der Waals surface area contributed by atoms with Crippen LogP contribution in [-0.2, 0) is 0 Å². The Hall–Kier alpha value is -2.86. The summed E-state index contributed by atoms with van der Waals surface area (Å²) in [5.74, 6) is 0.720. The third kappa shape index (κ3) is 2.64. The van der Waals surface area contributed by atoms with E-state index >= 15 is 0 Å². The van der Waals surface area contributed by atoms with Crippen molar-refractivity contribution in [2.24, 2.45) is 0 Å². The van der Waals surface area contributed by atoms with E-state index in [1.54, 1.807) is 19.2 Å². The van der Waals surface area contributed by atoms with Gasteiger partial charge in [0.25, 0.3) is 0 Å². The summed E-state index contributed by atoms with van der Waals surface area (Å²) in [4.78, 5) is 0. The molecule has 2 aromatic carbocycles. The van der Waals surface area contributed by atoms with Crippen LogP contribution in [-0.4, -0.2) is 27.5 Å². The second kappa shape index (κ2) is 5.73. The molecule has 23 heavy (non-hydrogen) atoms. The molecule has 0 bridgehead atoms. The molecule has 7 heteroatoms. The summed E-state index contributed by atoms with van der Waals surface area (Å²) in [7, 11) is 1.59. The van der Waals surface area contributed by atoms with Crippen molar-refractivity contribution < 1.29 is 14.9 Å². The van der Waals surface area contributed by atoms with Crippen molar-refractivity contribution in [1.82, 2.24) is 10.2 Å². The molecule has 3 rings (SSSR count). The van der Waals surface area contributed by atoms with E-state index in [2.05, 4.69) is 10.2 Å². The van der Waals surface area contributed by atoms with Crippen molar-refractivity contribution in [2.75, 3.05) is 12.8 Å². The Morgan fingerprint density at radius 2 is 1.83 bits per heavy atom. The number of anilines is 1. The monoisotopic (exact) mass is 331 g/mol. The van der Waals surface area contributed by atoms with E-state index in [4.69, 9.17) is 22.1 Å². The summed E-state index contributed by atoms with van der Waals surface area (Å²) < 4.78 is 5.14. The molecule has 0 aliphatic heterocycles. The first-order chi connectivity index (χ1) is 11.0. The maximum Gasteiger partial charge on any atom is 0.137 e. The lowest BCUT2D eigenvalue weighted by molar-refractivity contribution is 0.415. The highest BCUT2D eigenvalue weighted by Gasteiger charge is 2.19. The number of aromatic hydroxyl groups is 2. The molecule has 0 saturated carbocycles. The van der Waals surface area contributed by atoms with Crippen LogP contribution in [0.15, 0.2) is 36.4 Å². The Morgan fingerprint density at radius 1 is 1.13 bits per heavy atom. The van der Waals surface area contributed by atoms with Gasteiger partial charge in [-0.3, -0.25) is 5.10 Å². The third-order valence-electron chi connectivity index (χ3n) is 3.49. The van der Waals surface area contributed by atoms with Crippen LogP contribution in [0.5, 0.6) is 17.2 Å². The van der Waals surface area contributed by atoms with Crippen molar-refractivity contribution >= 4 is 17.4 Å². The molecular weight excluding hydrogens is 318 g/mol. The number of H-pyrrole nitrogens is 1. The molecule has 0 aliphatic carbocycles. The molecule has 1 heterocycles. The standard InChI is InChI=1S/C16H14ClN3O3/c1-23-9-4-2-8(3-5-9)14-15(19-20-16(14)18)10-6-11(17)13(22)7-12(10)21/h2-7,21-22H,1H3,(H3,18,19,20). The zero-order chi connectivity index (χ0) is 16.6. The SMILES string of the molecule is COc1ccc(-c2c(-c3cc(Cl)c(O)cc3O)n[nH]c2N)cc1. The largest absolute Gasteiger partial charge is 0.507 e. The van der Waals surface area contributed by atoms with Gasteiger partial charge in [-0.2, -0.15) is 5.10 Å². The summed E-state index contributed by atoms with van der Waals surface area (Å²) in [6, 6.07) is 9.88. The Bertz CT molecular complexity index is 860. The molecule has 6 nitrogen and oxygen atoms in total. The normalized spacial score (nSPS) is 10.7. The maximum atomic E-state index is 10.1. The van der Waals surface area contributed by atoms with Gasteiger partial charge in [0.15, 0.2) is 0 Å². The Balaban J connectivity index is 2.17. The number of methoxy groups -OCH3 is 1. The number of phenolic OH excluding ortho intramolecular Hbond substituents is 2. The van der Waals surface area contributed by atoms with Crippen LogP contribution in [0.4, 0.5) is 5.82 Å². The maximum absolute atomic E-state index is 10.1. The van der Waals surface area contributed by atoms with E-state index in [1.165, 1.54) is 12.1 Å². The number of ether oxygens (including phenoxy) is 1. The van der Waals surface area contributed by atoms with Crippen molar-refractivity contribution in [3.05, 3.63) is 41.4 Å². The predicted octanol–water partition coefficient (Wildman–Crippen LogP) is 3.40. The lowest BCUT2D eigenvalue weighted by atomic mass is 10.00. The molecule has 118 valence electrons. The Labute approximate surface area is 137 Å². The number of nitrogens with two attached hydrogens (primary N) is 1. The summed E-state index contributed by atoms with van der Waals surface area (Å²) >= 11 is 5.93. The molecule has 0 saturated heterocycles. The van der Waals surface area contributed by atoms with Crippen LogP contribution < -0.4 is 10.5 Å². The van der Waals surface area contributed by atoms with Gasteiger partial charge in [-0.15, -0.1) is 0 Å². The fraction of sp³-hybridized carbons (Fsp3) is 0.0625. The summed E-state index contributed by atoms with van der Waals surface area (Å²) in [6.07, 6.45) is 0. The number of hydrogen-bond acceptors (Lipinski definition) is 5. The number of halogens is 1. The number of hydrogen-bond donors (Lipinski definition) is 4. The van der Waals surface area contributed by atoms with E-state index in [1.807, 2.05) is 12.1 Å². The topological polar surface area (TPSA) is 104 Å². The lowest BCUT2D eigenvalue weighted by Gasteiger charge is -2.08. The molecule has 5 N–H and O–H groups in total. The van der Waals surface area contributed by atoms with Gasteiger partial charge >= 0.3 is 0 Å². The first-order valence-corrected chi connectivity index (χ1v) is 7.09. The van der Waals surface area contributed by atoms with Crippen molar-refractivity contribution in [2.45, 2.75) is 0 Å². The third-order valence-corrected chi connectivity index (χ3v) is 3.80. The van der Waals surface area contributed by atoms with E-state index in [-0.39, 0.29) is 16.5 Å². The molecule has 0 aliphatic rings. The van der Waals surface area contributed by atoms with Crippen LogP contribution >= 0.6 is 11.6 Å². The minimum atomic E-state index is -0.206. The van der Waals surface area contributed by atoms with Gasteiger partial charge in [-0.05, 0) is 23.8 Å². The molecule has 0 atom stereocenters. The smallest absolute Gasteiger partial charge is 0.137 e. The molecule has 0 spiro atoms. The molecule has 1 aromatic heterocycles. The Morgan fingerprint density at radius 3 is 2.48 bits per heavy atom. The number of benzene rings is 2. The first-order valence-electron chi connectivity index (χ1n) is 6.71. The quantitative estimate of drug-likeness (QED) is 0.589. The number of phenols is 2. The minimum absolute atomic E-state index is 0.111. The zero-order valence-electron chi connectivity index (χ0n) is 12.2. The number of nitrogens with one attached hydrogen (secondary N) is 1. The summed E-state index contributed by atoms with van der Waals surface area (Å²) in [5, 5.41) is 26.6. The number of aromatic nitrogens is 2. The van der Waals surface area contributed by atoms with Gasteiger partial charge < -0.3 is 20.7 Å². The second-order valence-electron chi connectivity index (χ2n) is 4.91. The van der Waals surface area contributed by atoms with E-state index < -0.39 is 0 Å². The van der Waals surface area contributed by atoms with Gasteiger partial charge in [-0.1, -0.05) is 23.7 Å². The average molecular weight is 332 g/mol. The fourth-order valence-electron chi connectivity index (χ4n) is 2.34. The van der Waals surface area contributed by atoms with Crippen molar-refractivity contribution in [3.63, 3.8) is 0 Å². The highest BCUT2D eigenvalue weighted by Crippen LogP contribution is 2.42. The van der Waals surface area contributed by atoms with E-state index in [0.29, 0.717) is 28.4 Å². The highest BCUT2D eigenvalue weighted by molar-refractivity contribution is 6.32. The molecule has 0 radical (unpaired) electrons. The average Bonchev–Trinajstić information content (AvgIpc) is 2.92. The molecular formula is C16H14ClN3O3. The number of nitrogens with zero attached hydrogens (tertiary/aromatic N) is 1.